The van der Waals surface area contributed by atoms with Gasteiger partial charge in [0.05, 0.1) is 0 Å². The van der Waals surface area contributed by atoms with Crippen LogP contribution in [0.15, 0.2) is 46.6 Å². The van der Waals surface area contributed by atoms with E-state index in [0.717, 1.165) is 37.7 Å². The molecule has 0 aliphatic carbocycles. The van der Waals surface area contributed by atoms with E-state index in [1.165, 1.54) is 30.1 Å². The monoisotopic (exact) mass is 502 g/mol. The summed E-state index contributed by atoms with van der Waals surface area (Å²) in [4.78, 5) is 28.7. The Morgan fingerprint density at radius 3 is 1.67 bits per heavy atom. The standard InChI is InChI=1S/C26H48O5P2/c1-8-25(19-21(3)4)20-24(7)16-11-15-22(5)13-10-14-23(6)17-12-18-32(27,28)26(9-2)33(29,30)31/h13,16-17,19,25-26H,8-12,14-15,18,20H2,1-7H3,(H,27,28)(H2,29,30,31)/b22-13+,23-17+,24-16+. The zero-order valence-electron chi connectivity index (χ0n) is 21.9. The van der Waals surface area contributed by atoms with Crippen LogP contribution in [-0.4, -0.2) is 26.2 Å². The summed E-state index contributed by atoms with van der Waals surface area (Å²) in [6.45, 7) is 14.5. The third-order valence-corrected chi connectivity index (χ3v) is 11.2. The van der Waals surface area contributed by atoms with E-state index in [2.05, 4.69) is 52.8 Å². The molecule has 0 spiro atoms. The van der Waals surface area contributed by atoms with Crippen LogP contribution in [0, 0.1) is 5.92 Å². The molecule has 0 aromatic rings. The molecule has 0 saturated carbocycles. The molecule has 3 N–H and O–H groups in total. The topological polar surface area (TPSA) is 94.8 Å². The number of hydrogen-bond donors (Lipinski definition) is 3. The Balaban J connectivity index is 4.50. The molecule has 33 heavy (non-hydrogen) atoms. The molecule has 0 aliphatic rings. The first-order valence-corrected chi connectivity index (χ1v) is 15.8. The van der Waals surface area contributed by atoms with E-state index in [9.17, 15) is 23.8 Å². The number of hydrogen-bond acceptors (Lipinski definition) is 2. The minimum atomic E-state index is -4.57. The van der Waals surface area contributed by atoms with Crippen LogP contribution < -0.4 is 0 Å². The molecule has 0 rings (SSSR count). The molecule has 3 atom stereocenters. The highest BCUT2D eigenvalue weighted by Gasteiger charge is 2.41. The summed E-state index contributed by atoms with van der Waals surface area (Å²) in [6.07, 6.45) is 15.4. The third-order valence-electron chi connectivity index (χ3n) is 5.90. The van der Waals surface area contributed by atoms with Gasteiger partial charge < -0.3 is 14.7 Å². The normalized spacial score (nSPS) is 17.5. The molecular weight excluding hydrogens is 454 g/mol. The van der Waals surface area contributed by atoms with Gasteiger partial charge in [-0.15, -0.1) is 0 Å². The lowest BCUT2D eigenvalue weighted by Gasteiger charge is -2.22. The van der Waals surface area contributed by atoms with Gasteiger partial charge in [-0.25, -0.2) is 0 Å². The molecular formula is C26H48O5P2. The molecule has 0 saturated heterocycles. The zero-order chi connectivity index (χ0) is 25.7. The van der Waals surface area contributed by atoms with Gasteiger partial charge in [0.15, 0.2) is 0 Å². The Morgan fingerprint density at radius 2 is 1.24 bits per heavy atom. The highest BCUT2D eigenvalue weighted by Crippen LogP contribution is 2.63. The lowest BCUT2D eigenvalue weighted by Crippen LogP contribution is -2.10. The summed E-state index contributed by atoms with van der Waals surface area (Å²) in [6, 6.07) is 0. The maximum Gasteiger partial charge on any atom is 0.338 e. The number of rotatable bonds is 16. The highest BCUT2D eigenvalue weighted by atomic mass is 31.2. The Labute approximate surface area is 202 Å². The first kappa shape index (κ1) is 32.3. The maximum absolute atomic E-state index is 12.4. The van der Waals surface area contributed by atoms with Gasteiger partial charge in [-0.05, 0) is 91.9 Å². The zero-order valence-corrected chi connectivity index (χ0v) is 23.7. The first-order valence-electron chi connectivity index (χ1n) is 12.2. The van der Waals surface area contributed by atoms with Gasteiger partial charge in [0.25, 0.3) is 0 Å². The first-order chi connectivity index (χ1) is 15.2. The molecule has 0 radical (unpaired) electrons. The van der Waals surface area contributed by atoms with Crippen molar-refractivity contribution in [1.82, 2.24) is 0 Å². The second kappa shape index (κ2) is 16.1. The summed E-state index contributed by atoms with van der Waals surface area (Å²) < 4.78 is 23.8. The minimum absolute atomic E-state index is 0.00577. The van der Waals surface area contributed by atoms with Gasteiger partial charge in [0.1, 0.15) is 5.40 Å². The molecule has 3 unspecified atom stereocenters. The lowest BCUT2D eigenvalue weighted by molar-refractivity contribution is 0.361. The fraction of sp³-hybridized carbons (Fsp3) is 0.692. The van der Waals surface area contributed by atoms with Gasteiger partial charge in [0.2, 0.25) is 7.37 Å². The summed E-state index contributed by atoms with van der Waals surface area (Å²) in [5.74, 6) is 0.627. The van der Waals surface area contributed by atoms with Crippen molar-refractivity contribution < 1.29 is 23.8 Å². The molecule has 0 aromatic heterocycles. The highest BCUT2D eigenvalue weighted by molar-refractivity contribution is 7.73. The SMILES string of the molecule is CCC(C=C(C)C)C/C(C)=C/CC/C(C)=C/CC/C(C)=C/CCP(=O)(O)C(CC)P(=O)(O)O. The van der Waals surface area contributed by atoms with Crippen LogP contribution in [0.1, 0.15) is 99.8 Å². The molecule has 5 nitrogen and oxygen atoms in total. The molecule has 0 heterocycles. The molecule has 0 aromatic carbocycles. The van der Waals surface area contributed by atoms with E-state index in [0.29, 0.717) is 12.3 Å². The van der Waals surface area contributed by atoms with Gasteiger partial charge >= 0.3 is 7.60 Å². The molecule has 192 valence electrons. The average Bonchev–Trinajstić information content (AvgIpc) is 2.65. The van der Waals surface area contributed by atoms with E-state index < -0.39 is 20.4 Å². The van der Waals surface area contributed by atoms with Crippen LogP contribution in [0.3, 0.4) is 0 Å². The van der Waals surface area contributed by atoms with E-state index in [-0.39, 0.29) is 12.6 Å². The molecule has 0 aliphatic heterocycles. The molecule has 0 bridgehead atoms. The smallest absolute Gasteiger partial charge is 0.338 e. The third kappa shape index (κ3) is 15.0. The van der Waals surface area contributed by atoms with Crippen molar-refractivity contribution in [2.45, 2.75) is 105 Å². The van der Waals surface area contributed by atoms with Crippen molar-refractivity contribution in [3.8, 4) is 0 Å². The fourth-order valence-electron chi connectivity index (χ4n) is 3.99. The van der Waals surface area contributed by atoms with Crippen molar-refractivity contribution in [2.75, 3.05) is 6.16 Å². The second-order valence-electron chi connectivity index (χ2n) is 9.59. The van der Waals surface area contributed by atoms with Crippen LogP contribution in [0.2, 0.25) is 0 Å². The van der Waals surface area contributed by atoms with Crippen molar-refractivity contribution in [3.63, 3.8) is 0 Å². The predicted octanol–water partition coefficient (Wildman–Crippen LogP) is 8.34. The maximum atomic E-state index is 12.4. The van der Waals surface area contributed by atoms with E-state index in [1.807, 2.05) is 13.0 Å². The van der Waals surface area contributed by atoms with Gasteiger partial charge in [0, 0.05) is 6.16 Å². The summed E-state index contributed by atoms with van der Waals surface area (Å²) in [7, 11) is -8.46. The number of allylic oxidation sites excluding steroid dienone is 8. The Morgan fingerprint density at radius 1 is 0.758 bits per heavy atom. The Bertz CT molecular complexity index is 797. The van der Waals surface area contributed by atoms with E-state index in [4.69, 9.17) is 0 Å². The van der Waals surface area contributed by atoms with Gasteiger partial charge in [-0.2, -0.15) is 0 Å². The second-order valence-corrected chi connectivity index (χ2v) is 14.4. The lowest BCUT2D eigenvalue weighted by atomic mass is 9.95. The quantitative estimate of drug-likeness (QED) is 0.146. The fourth-order valence-corrected chi connectivity index (χ4v) is 8.06. The van der Waals surface area contributed by atoms with Crippen LogP contribution in [0.4, 0.5) is 0 Å². The molecule has 7 heteroatoms. The summed E-state index contributed by atoms with van der Waals surface area (Å²) >= 11 is 0. The molecule has 0 fully saturated rings. The van der Waals surface area contributed by atoms with Crippen LogP contribution in [-0.2, 0) is 9.13 Å². The predicted molar refractivity (Wildman–Crippen MR) is 143 cm³/mol. The summed E-state index contributed by atoms with van der Waals surface area (Å²) in [5, 5.41) is -1.46. The van der Waals surface area contributed by atoms with Crippen molar-refractivity contribution in [3.05, 3.63) is 46.6 Å². The van der Waals surface area contributed by atoms with Crippen LogP contribution in [0.5, 0.6) is 0 Å². The Hall–Kier alpha value is -0.700. The van der Waals surface area contributed by atoms with Crippen molar-refractivity contribution in [2.24, 2.45) is 5.92 Å². The minimum Gasteiger partial charge on any atom is -0.344 e. The Kier molecular flexibility index (Phi) is 15.7. The van der Waals surface area contributed by atoms with Gasteiger partial charge in [-0.3, -0.25) is 9.13 Å². The van der Waals surface area contributed by atoms with Crippen molar-refractivity contribution in [1.29, 1.82) is 0 Å². The van der Waals surface area contributed by atoms with Crippen LogP contribution >= 0.6 is 15.0 Å². The largest absolute Gasteiger partial charge is 0.344 e. The van der Waals surface area contributed by atoms with Crippen molar-refractivity contribution >= 4 is 15.0 Å². The average molecular weight is 503 g/mol. The van der Waals surface area contributed by atoms with Crippen LogP contribution in [0.25, 0.3) is 0 Å². The van der Waals surface area contributed by atoms with E-state index in [1.54, 1.807) is 0 Å². The van der Waals surface area contributed by atoms with Gasteiger partial charge in [-0.1, -0.05) is 60.4 Å². The molecule has 0 amide bonds. The van der Waals surface area contributed by atoms with E-state index >= 15 is 0 Å². The summed E-state index contributed by atoms with van der Waals surface area (Å²) in [5.41, 5.74) is 5.34.